The van der Waals surface area contributed by atoms with Gasteiger partial charge in [0.25, 0.3) is 0 Å². The molecular weight excluding hydrogens is 405 g/mol. The molecule has 3 aromatic rings. The Hall–Kier alpha value is -2.96. The predicted octanol–water partition coefficient (Wildman–Crippen LogP) is 3.06. The van der Waals surface area contributed by atoms with Gasteiger partial charge in [-0.3, -0.25) is 4.57 Å². The SMILES string of the molecule is NC(CC1c2ccccc2Oc2ccccc21)(C(=O)O)c1ccc(P(=O)(O)O)cc1. The maximum Gasteiger partial charge on any atom is 0.356 e. The van der Waals surface area contributed by atoms with E-state index in [0.717, 1.165) is 11.1 Å². The van der Waals surface area contributed by atoms with E-state index in [1.165, 1.54) is 24.3 Å². The zero-order chi connectivity index (χ0) is 21.5. The van der Waals surface area contributed by atoms with Crippen LogP contribution in [0.1, 0.15) is 29.0 Å². The van der Waals surface area contributed by atoms with Gasteiger partial charge in [-0.15, -0.1) is 0 Å². The quantitative estimate of drug-likeness (QED) is 0.462. The van der Waals surface area contributed by atoms with Crippen LogP contribution >= 0.6 is 7.60 Å². The number of nitrogens with two attached hydrogens (primary N) is 1. The molecular formula is C22H20NO6P. The molecule has 154 valence electrons. The van der Waals surface area contributed by atoms with Crippen molar-refractivity contribution in [2.75, 3.05) is 0 Å². The number of carbonyl (C=O) groups is 1. The monoisotopic (exact) mass is 425 g/mol. The molecule has 0 aromatic heterocycles. The highest BCUT2D eigenvalue weighted by atomic mass is 31.2. The maximum atomic E-state index is 12.3. The number of rotatable bonds is 5. The highest BCUT2D eigenvalue weighted by molar-refractivity contribution is 7.60. The number of hydrogen-bond donors (Lipinski definition) is 4. The first-order chi connectivity index (χ1) is 14.2. The molecule has 0 amide bonds. The van der Waals surface area contributed by atoms with Crippen LogP contribution in [0.5, 0.6) is 11.5 Å². The van der Waals surface area contributed by atoms with Crippen molar-refractivity contribution in [1.82, 2.24) is 0 Å². The zero-order valence-electron chi connectivity index (χ0n) is 15.8. The molecule has 30 heavy (non-hydrogen) atoms. The second-order valence-electron chi connectivity index (χ2n) is 7.30. The van der Waals surface area contributed by atoms with Gasteiger partial charge in [-0.05, 0) is 36.2 Å². The first kappa shape index (κ1) is 20.3. The number of ether oxygens (including phenoxy) is 1. The summed E-state index contributed by atoms with van der Waals surface area (Å²) in [7, 11) is -4.44. The fraction of sp³-hybridized carbons (Fsp3) is 0.136. The van der Waals surface area contributed by atoms with E-state index in [1.54, 1.807) is 0 Å². The molecule has 1 unspecified atom stereocenters. The summed E-state index contributed by atoms with van der Waals surface area (Å²) in [5.74, 6) is -0.279. The summed E-state index contributed by atoms with van der Waals surface area (Å²) in [5.41, 5.74) is 6.57. The number of para-hydroxylation sites is 2. The van der Waals surface area contributed by atoms with Gasteiger partial charge in [0.05, 0.1) is 5.30 Å². The Labute approximate surface area is 172 Å². The van der Waals surface area contributed by atoms with E-state index in [9.17, 15) is 24.3 Å². The molecule has 3 aromatic carbocycles. The molecule has 1 atom stereocenters. The topological polar surface area (TPSA) is 130 Å². The molecule has 8 heteroatoms. The van der Waals surface area contributed by atoms with E-state index in [0.29, 0.717) is 11.5 Å². The van der Waals surface area contributed by atoms with Gasteiger partial charge in [0.2, 0.25) is 0 Å². The zero-order valence-corrected chi connectivity index (χ0v) is 16.7. The Balaban J connectivity index is 1.79. The molecule has 5 N–H and O–H groups in total. The second kappa shape index (κ2) is 7.38. The lowest BCUT2D eigenvalue weighted by Crippen LogP contribution is -2.46. The van der Waals surface area contributed by atoms with Gasteiger partial charge < -0.3 is 25.4 Å². The van der Waals surface area contributed by atoms with E-state index in [1.807, 2.05) is 48.5 Å². The van der Waals surface area contributed by atoms with Crippen molar-refractivity contribution in [3.8, 4) is 11.5 Å². The van der Waals surface area contributed by atoms with Gasteiger partial charge >= 0.3 is 13.6 Å². The van der Waals surface area contributed by atoms with Gasteiger partial charge in [-0.2, -0.15) is 0 Å². The van der Waals surface area contributed by atoms with Gasteiger partial charge in [0.15, 0.2) is 0 Å². The molecule has 0 aliphatic carbocycles. The van der Waals surface area contributed by atoms with Crippen LogP contribution in [0.3, 0.4) is 0 Å². The number of fused-ring (bicyclic) bond motifs is 2. The lowest BCUT2D eigenvalue weighted by Gasteiger charge is -2.34. The lowest BCUT2D eigenvalue weighted by atomic mass is 9.75. The number of carboxylic acid groups (broad SMARTS) is 1. The molecule has 0 saturated carbocycles. The maximum absolute atomic E-state index is 12.3. The van der Waals surface area contributed by atoms with E-state index in [-0.39, 0.29) is 23.2 Å². The van der Waals surface area contributed by atoms with Crippen LogP contribution in [0.4, 0.5) is 0 Å². The minimum Gasteiger partial charge on any atom is -0.480 e. The minimum atomic E-state index is -4.44. The van der Waals surface area contributed by atoms with Gasteiger partial charge in [0.1, 0.15) is 17.0 Å². The fourth-order valence-corrected chi connectivity index (χ4v) is 4.37. The van der Waals surface area contributed by atoms with Crippen LogP contribution in [-0.2, 0) is 14.9 Å². The highest BCUT2D eigenvalue weighted by Crippen LogP contribution is 2.48. The van der Waals surface area contributed by atoms with Crippen LogP contribution in [0.2, 0.25) is 0 Å². The van der Waals surface area contributed by atoms with Crippen molar-refractivity contribution in [2.45, 2.75) is 17.9 Å². The van der Waals surface area contributed by atoms with Crippen molar-refractivity contribution >= 4 is 18.9 Å². The number of benzene rings is 3. The summed E-state index contributed by atoms with van der Waals surface area (Å²) in [4.78, 5) is 30.9. The Morgan fingerprint density at radius 1 is 0.933 bits per heavy atom. The Kier molecular flexibility index (Phi) is 5.00. The van der Waals surface area contributed by atoms with Gasteiger partial charge in [-0.1, -0.05) is 48.5 Å². The van der Waals surface area contributed by atoms with Crippen LogP contribution in [0.15, 0.2) is 72.8 Å². The van der Waals surface area contributed by atoms with Crippen LogP contribution < -0.4 is 15.8 Å². The average Bonchev–Trinajstić information content (AvgIpc) is 2.73. The third-order valence-electron chi connectivity index (χ3n) is 5.44. The largest absolute Gasteiger partial charge is 0.480 e. The molecule has 0 saturated heterocycles. The Morgan fingerprint density at radius 3 is 1.90 bits per heavy atom. The van der Waals surface area contributed by atoms with Crippen molar-refractivity contribution in [1.29, 1.82) is 0 Å². The number of hydrogen-bond acceptors (Lipinski definition) is 4. The van der Waals surface area contributed by atoms with Crippen molar-refractivity contribution in [2.24, 2.45) is 5.73 Å². The first-order valence-corrected chi connectivity index (χ1v) is 10.9. The van der Waals surface area contributed by atoms with E-state index in [2.05, 4.69) is 0 Å². The Morgan fingerprint density at radius 2 is 1.43 bits per heavy atom. The summed E-state index contributed by atoms with van der Waals surface area (Å²) in [6.07, 6.45) is 0.0367. The van der Waals surface area contributed by atoms with Gasteiger partial charge in [0, 0.05) is 17.0 Å². The standard InChI is InChI=1S/C22H20NO6P/c23-22(21(24)25,14-9-11-15(12-10-14)30(26,27)28)13-18-16-5-1-3-7-19(16)29-20-8-4-2-6-17(18)20/h1-12,18H,13,23H2,(H,24,25)(H2,26,27,28). The third kappa shape index (κ3) is 3.53. The highest BCUT2D eigenvalue weighted by Gasteiger charge is 2.41. The number of carboxylic acids is 1. The van der Waals surface area contributed by atoms with Crippen molar-refractivity contribution in [3.63, 3.8) is 0 Å². The molecule has 7 nitrogen and oxygen atoms in total. The lowest BCUT2D eigenvalue weighted by molar-refractivity contribution is -0.144. The summed E-state index contributed by atoms with van der Waals surface area (Å²) in [6, 6.07) is 20.0. The van der Waals surface area contributed by atoms with Crippen molar-refractivity contribution in [3.05, 3.63) is 89.5 Å². The summed E-state index contributed by atoms with van der Waals surface area (Å²) in [5, 5.41) is 9.84. The van der Waals surface area contributed by atoms with Crippen LogP contribution in [0.25, 0.3) is 0 Å². The normalized spacial score (nSPS) is 15.4. The molecule has 4 rings (SSSR count). The molecule has 0 bridgehead atoms. The van der Waals surface area contributed by atoms with E-state index >= 15 is 0 Å². The first-order valence-electron chi connectivity index (χ1n) is 9.25. The summed E-state index contributed by atoms with van der Waals surface area (Å²) in [6.45, 7) is 0. The van der Waals surface area contributed by atoms with Crippen LogP contribution in [-0.4, -0.2) is 20.9 Å². The average molecular weight is 425 g/mol. The second-order valence-corrected chi connectivity index (χ2v) is 8.91. The molecule has 0 spiro atoms. The van der Waals surface area contributed by atoms with Crippen molar-refractivity contribution < 1.29 is 29.0 Å². The minimum absolute atomic E-state index is 0.0367. The Bertz CT molecular complexity index is 1110. The van der Waals surface area contributed by atoms with Gasteiger partial charge in [-0.25, -0.2) is 4.79 Å². The molecule has 0 fully saturated rings. The predicted molar refractivity (Wildman–Crippen MR) is 111 cm³/mol. The molecule has 1 heterocycles. The number of aliphatic carboxylic acids is 1. The summed E-state index contributed by atoms with van der Waals surface area (Å²) < 4.78 is 17.4. The molecule has 0 radical (unpaired) electrons. The fourth-order valence-electron chi connectivity index (χ4n) is 3.83. The molecule has 1 aliphatic rings. The van der Waals surface area contributed by atoms with E-state index < -0.39 is 19.1 Å². The summed E-state index contributed by atoms with van der Waals surface area (Å²) >= 11 is 0. The van der Waals surface area contributed by atoms with Crippen LogP contribution in [0, 0.1) is 0 Å². The van der Waals surface area contributed by atoms with E-state index in [4.69, 9.17) is 10.5 Å². The smallest absolute Gasteiger partial charge is 0.356 e. The third-order valence-corrected chi connectivity index (χ3v) is 6.41. The molecule has 1 aliphatic heterocycles.